The van der Waals surface area contributed by atoms with Crippen molar-refractivity contribution in [2.75, 3.05) is 5.75 Å². The van der Waals surface area contributed by atoms with Crippen LogP contribution < -0.4 is 5.32 Å². The molecule has 1 amide bonds. The average Bonchev–Trinajstić information content (AvgIpc) is 3.16. The standard InChI is InChI=1S/C20H20FN3O2S/c1-3-14-4-6-15(7-5-14)13(2)22-18(25)12-27-20-24-23-19(26-20)16-8-10-17(21)11-9-16/h4-11,13H,3,12H2,1-2H3,(H,22,25)/t13-/m0/s1. The molecule has 27 heavy (non-hydrogen) atoms. The van der Waals surface area contributed by atoms with E-state index in [1.807, 2.05) is 19.1 Å². The summed E-state index contributed by atoms with van der Waals surface area (Å²) < 4.78 is 18.5. The summed E-state index contributed by atoms with van der Waals surface area (Å²) in [6.45, 7) is 4.05. The highest BCUT2D eigenvalue weighted by Crippen LogP contribution is 2.23. The minimum absolute atomic E-state index is 0.0820. The van der Waals surface area contributed by atoms with Crippen molar-refractivity contribution in [2.45, 2.75) is 31.5 Å². The van der Waals surface area contributed by atoms with Crippen molar-refractivity contribution in [3.63, 3.8) is 0 Å². The summed E-state index contributed by atoms with van der Waals surface area (Å²) in [6.07, 6.45) is 0.988. The molecule has 1 N–H and O–H groups in total. The van der Waals surface area contributed by atoms with E-state index < -0.39 is 0 Å². The molecule has 0 aliphatic rings. The number of thioether (sulfide) groups is 1. The van der Waals surface area contributed by atoms with Crippen LogP contribution in [-0.2, 0) is 11.2 Å². The Morgan fingerprint density at radius 1 is 1.15 bits per heavy atom. The van der Waals surface area contributed by atoms with Gasteiger partial charge in [-0.15, -0.1) is 10.2 Å². The number of nitrogens with zero attached hydrogens (tertiary/aromatic N) is 2. The molecule has 2 aromatic carbocycles. The zero-order valence-electron chi connectivity index (χ0n) is 15.1. The van der Waals surface area contributed by atoms with Crippen LogP contribution in [0.25, 0.3) is 11.5 Å². The number of carbonyl (C=O) groups is 1. The van der Waals surface area contributed by atoms with Crippen molar-refractivity contribution in [3.05, 3.63) is 65.5 Å². The second-order valence-corrected chi connectivity index (χ2v) is 6.98. The van der Waals surface area contributed by atoms with Gasteiger partial charge in [-0.3, -0.25) is 4.79 Å². The van der Waals surface area contributed by atoms with Crippen molar-refractivity contribution in [2.24, 2.45) is 0 Å². The highest BCUT2D eigenvalue weighted by Gasteiger charge is 2.13. The first-order valence-electron chi connectivity index (χ1n) is 8.65. The number of nitrogens with one attached hydrogen (secondary N) is 1. The number of carbonyl (C=O) groups excluding carboxylic acids is 1. The van der Waals surface area contributed by atoms with Gasteiger partial charge in [0, 0.05) is 5.56 Å². The van der Waals surface area contributed by atoms with Gasteiger partial charge in [0.05, 0.1) is 11.8 Å². The van der Waals surface area contributed by atoms with E-state index in [1.165, 1.54) is 17.7 Å². The molecule has 0 saturated heterocycles. The zero-order chi connectivity index (χ0) is 19.2. The Bertz CT molecular complexity index is 894. The maximum atomic E-state index is 13.0. The lowest BCUT2D eigenvalue weighted by atomic mass is 10.1. The largest absolute Gasteiger partial charge is 0.411 e. The summed E-state index contributed by atoms with van der Waals surface area (Å²) in [5.74, 6) is 0.0153. The number of amides is 1. The van der Waals surface area contributed by atoms with Gasteiger partial charge in [-0.1, -0.05) is 43.0 Å². The van der Waals surface area contributed by atoms with Gasteiger partial charge in [0.1, 0.15) is 5.82 Å². The van der Waals surface area contributed by atoms with E-state index in [2.05, 4.69) is 34.6 Å². The monoisotopic (exact) mass is 385 g/mol. The molecule has 0 spiro atoms. The summed E-state index contributed by atoms with van der Waals surface area (Å²) in [6, 6.07) is 13.9. The fraction of sp³-hybridized carbons (Fsp3) is 0.250. The molecule has 0 radical (unpaired) electrons. The zero-order valence-corrected chi connectivity index (χ0v) is 15.9. The average molecular weight is 385 g/mol. The summed E-state index contributed by atoms with van der Waals surface area (Å²) in [5.41, 5.74) is 2.95. The molecule has 3 aromatic rings. The van der Waals surface area contributed by atoms with Gasteiger partial charge in [0.15, 0.2) is 0 Å². The van der Waals surface area contributed by atoms with Crippen molar-refractivity contribution < 1.29 is 13.6 Å². The van der Waals surface area contributed by atoms with Gasteiger partial charge in [0.25, 0.3) is 5.22 Å². The SMILES string of the molecule is CCc1ccc([C@H](C)NC(=O)CSc2nnc(-c3ccc(F)cc3)o2)cc1. The number of aromatic nitrogens is 2. The number of benzene rings is 2. The predicted octanol–water partition coefficient (Wildman–Crippen LogP) is 4.41. The number of hydrogen-bond acceptors (Lipinski definition) is 5. The Morgan fingerprint density at radius 2 is 1.85 bits per heavy atom. The van der Waals surface area contributed by atoms with Crippen LogP contribution in [0.4, 0.5) is 4.39 Å². The van der Waals surface area contributed by atoms with Crippen LogP contribution in [0.15, 0.2) is 58.2 Å². The molecule has 3 rings (SSSR count). The Kier molecular flexibility index (Phi) is 6.24. The first-order chi connectivity index (χ1) is 13.0. The molecule has 1 heterocycles. The number of hydrogen-bond donors (Lipinski definition) is 1. The molecule has 0 unspecified atom stereocenters. The van der Waals surface area contributed by atoms with Gasteiger partial charge in [0.2, 0.25) is 11.8 Å². The van der Waals surface area contributed by atoms with Gasteiger partial charge in [-0.2, -0.15) is 0 Å². The van der Waals surface area contributed by atoms with Crippen LogP contribution in [0.1, 0.15) is 31.0 Å². The Balaban J connectivity index is 1.52. The first kappa shape index (κ1) is 19.1. The lowest BCUT2D eigenvalue weighted by Crippen LogP contribution is -2.28. The Morgan fingerprint density at radius 3 is 2.52 bits per heavy atom. The summed E-state index contributed by atoms with van der Waals surface area (Å²) >= 11 is 1.16. The van der Waals surface area contributed by atoms with E-state index in [9.17, 15) is 9.18 Å². The van der Waals surface area contributed by atoms with Crippen LogP contribution >= 0.6 is 11.8 Å². The molecular formula is C20H20FN3O2S. The molecule has 0 aliphatic heterocycles. The fourth-order valence-electron chi connectivity index (χ4n) is 2.51. The number of aryl methyl sites for hydroxylation is 1. The molecule has 0 fully saturated rings. The maximum absolute atomic E-state index is 13.0. The summed E-state index contributed by atoms with van der Waals surface area (Å²) in [5, 5.41) is 11.1. The van der Waals surface area contributed by atoms with E-state index in [4.69, 9.17) is 4.42 Å². The minimum Gasteiger partial charge on any atom is -0.411 e. The van der Waals surface area contributed by atoms with E-state index >= 15 is 0 Å². The van der Waals surface area contributed by atoms with E-state index in [1.54, 1.807) is 12.1 Å². The van der Waals surface area contributed by atoms with Crippen LogP contribution in [-0.4, -0.2) is 21.9 Å². The molecule has 1 aromatic heterocycles. The topological polar surface area (TPSA) is 68.0 Å². The van der Waals surface area contributed by atoms with Crippen LogP contribution in [0.3, 0.4) is 0 Å². The van der Waals surface area contributed by atoms with Crippen LogP contribution in [0.2, 0.25) is 0 Å². The maximum Gasteiger partial charge on any atom is 0.277 e. The van der Waals surface area contributed by atoms with Crippen LogP contribution in [0, 0.1) is 5.82 Å². The second-order valence-electron chi connectivity index (χ2n) is 6.05. The van der Waals surface area contributed by atoms with Gasteiger partial charge in [-0.25, -0.2) is 4.39 Å². The molecule has 140 valence electrons. The molecule has 0 aliphatic carbocycles. The Hall–Kier alpha value is -2.67. The lowest BCUT2D eigenvalue weighted by molar-refractivity contribution is -0.119. The molecule has 1 atom stereocenters. The number of halogens is 1. The third kappa shape index (κ3) is 5.17. The predicted molar refractivity (Wildman–Crippen MR) is 103 cm³/mol. The summed E-state index contributed by atoms with van der Waals surface area (Å²) in [4.78, 5) is 12.2. The van der Waals surface area contributed by atoms with Gasteiger partial charge in [-0.05, 0) is 48.7 Å². The second kappa shape index (κ2) is 8.81. The van der Waals surface area contributed by atoms with Crippen molar-refractivity contribution in [1.82, 2.24) is 15.5 Å². The Labute approximate surface area is 161 Å². The number of rotatable bonds is 7. The quantitative estimate of drug-likeness (QED) is 0.610. The molecular weight excluding hydrogens is 365 g/mol. The molecule has 0 bridgehead atoms. The van der Waals surface area contributed by atoms with Crippen LogP contribution in [0.5, 0.6) is 0 Å². The minimum atomic E-state index is -0.331. The third-order valence-electron chi connectivity index (χ3n) is 4.09. The molecule has 5 nitrogen and oxygen atoms in total. The third-order valence-corrected chi connectivity index (χ3v) is 4.91. The van der Waals surface area contributed by atoms with Gasteiger partial charge >= 0.3 is 0 Å². The summed E-state index contributed by atoms with van der Waals surface area (Å²) in [7, 11) is 0. The highest BCUT2D eigenvalue weighted by atomic mass is 32.2. The molecule has 7 heteroatoms. The lowest BCUT2D eigenvalue weighted by Gasteiger charge is -2.14. The van der Waals surface area contributed by atoms with E-state index in [-0.39, 0.29) is 23.5 Å². The van der Waals surface area contributed by atoms with Crippen molar-refractivity contribution in [3.8, 4) is 11.5 Å². The van der Waals surface area contributed by atoms with E-state index in [0.29, 0.717) is 16.7 Å². The molecule has 0 saturated carbocycles. The van der Waals surface area contributed by atoms with Crippen molar-refractivity contribution in [1.29, 1.82) is 0 Å². The van der Waals surface area contributed by atoms with E-state index in [0.717, 1.165) is 23.7 Å². The normalized spacial score (nSPS) is 12.0. The van der Waals surface area contributed by atoms with Crippen molar-refractivity contribution >= 4 is 17.7 Å². The first-order valence-corrected chi connectivity index (χ1v) is 9.64. The fourth-order valence-corrected chi connectivity index (χ4v) is 3.09. The highest BCUT2D eigenvalue weighted by molar-refractivity contribution is 7.99. The van der Waals surface area contributed by atoms with Gasteiger partial charge < -0.3 is 9.73 Å². The smallest absolute Gasteiger partial charge is 0.277 e.